The summed E-state index contributed by atoms with van der Waals surface area (Å²) in [6.07, 6.45) is -4.64. The molecule has 0 aliphatic carbocycles. The molecule has 0 spiro atoms. The Labute approximate surface area is 143 Å². The van der Waals surface area contributed by atoms with Crippen LogP contribution in [0.2, 0.25) is 0 Å². The number of alkyl halides is 3. The molecule has 138 valence electrons. The highest BCUT2D eigenvalue weighted by atomic mass is 19.4. The number of nitrogens with two attached hydrogens (primary N) is 1. The lowest BCUT2D eigenvalue weighted by atomic mass is 10.1. The first-order valence-corrected chi connectivity index (χ1v) is 6.97. The number of ether oxygens (including phenoxy) is 1. The van der Waals surface area contributed by atoms with Crippen molar-refractivity contribution in [2.75, 3.05) is 17.7 Å². The van der Waals surface area contributed by atoms with Crippen LogP contribution in [0.25, 0.3) is 0 Å². The molecule has 1 amide bonds. The van der Waals surface area contributed by atoms with Crippen molar-refractivity contribution in [3.63, 3.8) is 0 Å². The fraction of sp³-hybridized carbons (Fsp3) is 0.125. The second-order valence-electron chi connectivity index (χ2n) is 5.02. The van der Waals surface area contributed by atoms with Crippen molar-refractivity contribution < 1.29 is 36.3 Å². The summed E-state index contributed by atoms with van der Waals surface area (Å²) in [5, 5.41) is 1.88. The van der Waals surface area contributed by atoms with Gasteiger partial charge in [0.05, 0.1) is 11.1 Å². The summed E-state index contributed by atoms with van der Waals surface area (Å²) in [5.41, 5.74) is 2.73. The van der Waals surface area contributed by atoms with Gasteiger partial charge in [-0.3, -0.25) is 4.79 Å². The number of hydrogen-bond donors (Lipinski definition) is 2. The van der Waals surface area contributed by atoms with Gasteiger partial charge in [-0.25, -0.2) is 13.6 Å². The van der Waals surface area contributed by atoms with Crippen LogP contribution in [0.5, 0.6) is 0 Å². The Morgan fingerprint density at radius 3 is 2.23 bits per heavy atom. The molecule has 0 heterocycles. The van der Waals surface area contributed by atoms with Crippen molar-refractivity contribution in [2.24, 2.45) is 0 Å². The largest absolute Gasteiger partial charge is 0.452 e. The molecule has 0 aromatic heterocycles. The van der Waals surface area contributed by atoms with E-state index in [1.54, 1.807) is 0 Å². The number of carbonyl (C=O) groups excluding carboxylic acids is 2. The minimum atomic E-state index is -4.64. The predicted molar refractivity (Wildman–Crippen MR) is 81.1 cm³/mol. The lowest BCUT2D eigenvalue weighted by Gasteiger charge is -2.11. The molecule has 2 aromatic carbocycles. The first kappa shape index (κ1) is 19.2. The molecule has 2 rings (SSSR count). The number of carbonyl (C=O) groups is 2. The topological polar surface area (TPSA) is 81.4 Å². The zero-order chi connectivity index (χ0) is 19.5. The minimum Gasteiger partial charge on any atom is -0.452 e. The molecule has 0 aliphatic heterocycles. The van der Waals surface area contributed by atoms with E-state index in [1.807, 2.05) is 5.32 Å². The fourth-order valence-corrected chi connectivity index (χ4v) is 1.93. The number of hydrogen-bond acceptors (Lipinski definition) is 4. The number of benzene rings is 2. The Kier molecular flexibility index (Phi) is 5.44. The van der Waals surface area contributed by atoms with Crippen molar-refractivity contribution >= 4 is 23.3 Å². The quantitative estimate of drug-likeness (QED) is 0.489. The van der Waals surface area contributed by atoms with E-state index in [2.05, 4.69) is 4.74 Å². The summed E-state index contributed by atoms with van der Waals surface area (Å²) < 4.78 is 69.0. The number of esters is 1. The molecule has 0 saturated carbocycles. The molecule has 0 saturated heterocycles. The van der Waals surface area contributed by atoms with Crippen molar-refractivity contribution in [1.82, 2.24) is 0 Å². The summed E-state index contributed by atoms with van der Waals surface area (Å²) in [5.74, 6) is -4.28. The average molecular weight is 374 g/mol. The van der Waals surface area contributed by atoms with Gasteiger partial charge in [-0.15, -0.1) is 0 Å². The molecule has 3 N–H and O–H groups in total. The van der Waals surface area contributed by atoms with E-state index in [0.717, 1.165) is 24.3 Å². The summed E-state index contributed by atoms with van der Waals surface area (Å²) in [4.78, 5) is 23.4. The van der Waals surface area contributed by atoms with Gasteiger partial charge in [0.15, 0.2) is 6.61 Å². The maximum atomic E-state index is 13.4. The van der Waals surface area contributed by atoms with E-state index in [-0.39, 0.29) is 5.56 Å². The summed E-state index contributed by atoms with van der Waals surface area (Å²) >= 11 is 0. The Balaban J connectivity index is 2.01. The molecular weight excluding hydrogens is 363 g/mol. The molecule has 10 heteroatoms. The Morgan fingerprint density at radius 2 is 1.69 bits per heavy atom. The monoisotopic (exact) mass is 374 g/mol. The SMILES string of the molecule is Nc1cc(C(F)(F)F)ccc1C(=O)OCC(=O)Nc1c(F)cccc1F. The van der Waals surface area contributed by atoms with Crippen LogP contribution in [0.4, 0.5) is 33.3 Å². The van der Waals surface area contributed by atoms with Crippen molar-refractivity contribution in [3.05, 3.63) is 59.2 Å². The standard InChI is InChI=1S/C16H11F5N2O3/c17-10-2-1-3-11(18)14(10)23-13(24)7-26-15(25)9-5-4-8(6-12(9)22)16(19,20)21/h1-6H,7,22H2,(H,23,24). The zero-order valence-corrected chi connectivity index (χ0v) is 12.9. The van der Waals surface area contributed by atoms with E-state index in [9.17, 15) is 31.5 Å². The molecule has 2 aromatic rings. The van der Waals surface area contributed by atoms with Crippen LogP contribution in [-0.4, -0.2) is 18.5 Å². The normalized spacial score (nSPS) is 11.1. The van der Waals surface area contributed by atoms with Crippen molar-refractivity contribution in [1.29, 1.82) is 0 Å². The summed E-state index contributed by atoms with van der Waals surface area (Å²) in [7, 11) is 0. The number of para-hydroxylation sites is 1. The first-order chi connectivity index (χ1) is 12.1. The third-order valence-corrected chi connectivity index (χ3v) is 3.16. The third-order valence-electron chi connectivity index (χ3n) is 3.16. The van der Waals surface area contributed by atoms with Gasteiger partial charge in [0.2, 0.25) is 0 Å². The summed E-state index contributed by atoms with van der Waals surface area (Å²) in [6.45, 7) is -0.924. The Bertz CT molecular complexity index is 832. The molecule has 0 atom stereocenters. The number of amides is 1. The molecule has 0 fully saturated rings. The molecule has 0 aliphatic rings. The van der Waals surface area contributed by atoms with Gasteiger partial charge in [0.25, 0.3) is 5.91 Å². The average Bonchev–Trinajstić information content (AvgIpc) is 2.55. The van der Waals surface area contributed by atoms with E-state index >= 15 is 0 Å². The highest BCUT2D eigenvalue weighted by Crippen LogP contribution is 2.31. The zero-order valence-electron chi connectivity index (χ0n) is 12.9. The maximum Gasteiger partial charge on any atom is 0.416 e. The summed E-state index contributed by atoms with van der Waals surface area (Å²) in [6, 6.07) is 4.89. The van der Waals surface area contributed by atoms with E-state index in [4.69, 9.17) is 5.73 Å². The highest BCUT2D eigenvalue weighted by molar-refractivity contribution is 5.98. The predicted octanol–water partition coefficient (Wildman–Crippen LogP) is 3.36. The van der Waals surface area contributed by atoms with Gasteiger partial charge in [-0.2, -0.15) is 13.2 Å². The van der Waals surface area contributed by atoms with Crippen LogP contribution in [0.15, 0.2) is 36.4 Å². The number of rotatable bonds is 4. The second-order valence-corrected chi connectivity index (χ2v) is 5.02. The fourth-order valence-electron chi connectivity index (χ4n) is 1.93. The molecular formula is C16H11F5N2O3. The lowest BCUT2D eigenvalue weighted by Crippen LogP contribution is -2.22. The molecule has 0 radical (unpaired) electrons. The molecule has 5 nitrogen and oxygen atoms in total. The highest BCUT2D eigenvalue weighted by Gasteiger charge is 2.31. The van der Waals surface area contributed by atoms with Gasteiger partial charge in [0, 0.05) is 5.69 Å². The van der Waals surface area contributed by atoms with Gasteiger partial charge in [-0.05, 0) is 30.3 Å². The van der Waals surface area contributed by atoms with E-state index in [1.165, 1.54) is 0 Å². The van der Waals surface area contributed by atoms with Gasteiger partial charge < -0.3 is 15.8 Å². The van der Waals surface area contributed by atoms with Crippen LogP contribution < -0.4 is 11.1 Å². The van der Waals surface area contributed by atoms with Crippen LogP contribution in [0, 0.1) is 11.6 Å². The van der Waals surface area contributed by atoms with Crippen molar-refractivity contribution in [2.45, 2.75) is 6.18 Å². The van der Waals surface area contributed by atoms with Crippen molar-refractivity contribution in [3.8, 4) is 0 Å². The van der Waals surface area contributed by atoms with Gasteiger partial charge in [0.1, 0.15) is 17.3 Å². The van der Waals surface area contributed by atoms with Gasteiger partial charge in [-0.1, -0.05) is 6.07 Å². The Morgan fingerprint density at radius 1 is 1.08 bits per heavy atom. The van der Waals surface area contributed by atoms with E-state index in [0.29, 0.717) is 12.1 Å². The molecule has 0 unspecified atom stereocenters. The smallest absolute Gasteiger partial charge is 0.416 e. The van der Waals surface area contributed by atoms with Gasteiger partial charge >= 0.3 is 12.1 Å². The number of nitrogen functional groups attached to an aromatic ring is 1. The second kappa shape index (κ2) is 7.38. The number of nitrogens with one attached hydrogen (secondary N) is 1. The minimum absolute atomic E-state index is 0.386. The van der Waals surface area contributed by atoms with Crippen LogP contribution >= 0.6 is 0 Å². The number of halogens is 5. The van der Waals surface area contributed by atoms with Crippen LogP contribution in [-0.2, 0) is 15.7 Å². The molecule has 0 bridgehead atoms. The Hall–Kier alpha value is -3.17. The lowest BCUT2D eigenvalue weighted by molar-refractivity contribution is -0.137. The van der Waals surface area contributed by atoms with Crippen LogP contribution in [0.1, 0.15) is 15.9 Å². The van der Waals surface area contributed by atoms with E-state index < -0.39 is 53.2 Å². The number of anilines is 2. The molecule has 26 heavy (non-hydrogen) atoms. The third kappa shape index (κ3) is 4.47. The maximum absolute atomic E-state index is 13.4. The van der Waals surface area contributed by atoms with Crippen LogP contribution in [0.3, 0.4) is 0 Å². The first-order valence-electron chi connectivity index (χ1n) is 6.97.